The van der Waals surface area contributed by atoms with Gasteiger partial charge in [-0.05, 0) is 6.26 Å². The Kier molecular flexibility index (Phi) is 5.28. The molecule has 0 aliphatic heterocycles. The second-order valence-corrected chi connectivity index (χ2v) is 5.29. The van der Waals surface area contributed by atoms with Gasteiger partial charge in [-0.15, -0.1) is 11.3 Å². The molecular formula is C8H10N2S3. The maximum absolute atomic E-state index is 8.33. The summed E-state index contributed by atoms with van der Waals surface area (Å²) in [5.74, 6) is 1.83. The Balaban J connectivity index is 2.25. The van der Waals surface area contributed by atoms with E-state index in [9.17, 15) is 0 Å². The normalized spacial score (nSPS) is 9.85. The highest BCUT2D eigenvalue weighted by molar-refractivity contribution is 8.00. The van der Waals surface area contributed by atoms with E-state index in [-0.39, 0.29) is 0 Å². The molecule has 0 unspecified atom stereocenters. The minimum atomic E-state index is 0.629. The van der Waals surface area contributed by atoms with Crippen molar-refractivity contribution in [1.29, 1.82) is 5.26 Å². The first-order valence-electron chi connectivity index (χ1n) is 3.80. The molecule has 0 spiro atoms. The molecule has 1 aromatic heterocycles. The minimum absolute atomic E-state index is 0.629. The van der Waals surface area contributed by atoms with Gasteiger partial charge in [-0.3, -0.25) is 0 Å². The number of thiazole rings is 1. The number of rotatable bonds is 5. The molecule has 0 aliphatic carbocycles. The van der Waals surface area contributed by atoms with Gasteiger partial charge >= 0.3 is 0 Å². The van der Waals surface area contributed by atoms with Crippen molar-refractivity contribution in [3.63, 3.8) is 0 Å². The standard InChI is InChI=1S/C8H10N2S3/c1-11-8-10-7(6-13-8)5-12-4-2-3-9/h6H,2,4-5H2,1H3. The third-order valence-electron chi connectivity index (χ3n) is 1.31. The van der Waals surface area contributed by atoms with Crippen molar-refractivity contribution in [2.75, 3.05) is 12.0 Å². The highest BCUT2D eigenvalue weighted by Gasteiger charge is 1.99. The highest BCUT2D eigenvalue weighted by atomic mass is 32.2. The number of hydrogen-bond donors (Lipinski definition) is 0. The molecule has 0 saturated heterocycles. The van der Waals surface area contributed by atoms with Crippen molar-refractivity contribution in [3.8, 4) is 6.07 Å². The van der Waals surface area contributed by atoms with E-state index in [2.05, 4.69) is 16.4 Å². The summed E-state index contributed by atoms with van der Waals surface area (Å²) >= 11 is 5.13. The number of nitriles is 1. The van der Waals surface area contributed by atoms with Gasteiger partial charge in [0.05, 0.1) is 11.8 Å². The number of thioether (sulfide) groups is 2. The zero-order chi connectivity index (χ0) is 9.52. The minimum Gasteiger partial charge on any atom is -0.234 e. The van der Waals surface area contributed by atoms with Crippen LogP contribution in [0, 0.1) is 11.3 Å². The third kappa shape index (κ3) is 4.03. The van der Waals surface area contributed by atoms with Gasteiger partial charge in [-0.1, -0.05) is 11.8 Å². The first-order valence-corrected chi connectivity index (χ1v) is 7.06. The van der Waals surface area contributed by atoms with Gasteiger partial charge in [-0.2, -0.15) is 17.0 Å². The van der Waals surface area contributed by atoms with Gasteiger partial charge in [0.2, 0.25) is 0 Å². The average molecular weight is 230 g/mol. The Morgan fingerprint density at radius 3 is 3.15 bits per heavy atom. The van der Waals surface area contributed by atoms with E-state index >= 15 is 0 Å². The zero-order valence-electron chi connectivity index (χ0n) is 7.32. The third-order valence-corrected chi connectivity index (χ3v) is 4.22. The number of aromatic nitrogens is 1. The Bertz CT molecular complexity index is 290. The van der Waals surface area contributed by atoms with E-state index in [0.29, 0.717) is 6.42 Å². The summed E-state index contributed by atoms with van der Waals surface area (Å²) in [6.07, 6.45) is 2.66. The molecule has 1 heterocycles. The molecule has 0 aromatic carbocycles. The Morgan fingerprint density at radius 2 is 2.54 bits per heavy atom. The molecule has 0 radical (unpaired) electrons. The summed E-state index contributed by atoms with van der Waals surface area (Å²) in [5, 5.41) is 10.4. The fraction of sp³-hybridized carbons (Fsp3) is 0.500. The van der Waals surface area contributed by atoms with Crippen molar-refractivity contribution in [1.82, 2.24) is 4.98 Å². The van der Waals surface area contributed by atoms with E-state index in [1.165, 1.54) is 0 Å². The molecule has 1 rings (SSSR count). The van der Waals surface area contributed by atoms with Crippen LogP contribution in [0.2, 0.25) is 0 Å². The molecule has 70 valence electrons. The van der Waals surface area contributed by atoms with Crippen LogP contribution in [-0.4, -0.2) is 17.0 Å². The fourth-order valence-corrected chi connectivity index (χ4v) is 2.87. The van der Waals surface area contributed by atoms with Crippen molar-refractivity contribution < 1.29 is 0 Å². The molecule has 0 bridgehead atoms. The van der Waals surface area contributed by atoms with Gasteiger partial charge < -0.3 is 0 Å². The van der Waals surface area contributed by atoms with Crippen molar-refractivity contribution in [2.24, 2.45) is 0 Å². The monoisotopic (exact) mass is 230 g/mol. The molecule has 0 amide bonds. The van der Waals surface area contributed by atoms with Crippen molar-refractivity contribution >= 4 is 34.9 Å². The molecule has 1 aromatic rings. The Hall–Kier alpha value is -0.180. The quantitative estimate of drug-likeness (QED) is 0.575. The van der Waals surface area contributed by atoms with E-state index < -0.39 is 0 Å². The van der Waals surface area contributed by atoms with Crippen LogP contribution in [0.4, 0.5) is 0 Å². The fourth-order valence-electron chi connectivity index (χ4n) is 0.743. The van der Waals surface area contributed by atoms with E-state index in [4.69, 9.17) is 5.26 Å². The summed E-state index contributed by atoms with van der Waals surface area (Å²) in [6, 6.07) is 2.13. The van der Waals surface area contributed by atoms with Gasteiger partial charge in [-0.25, -0.2) is 4.98 Å². The predicted molar refractivity (Wildman–Crippen MR) is 60.3 cm³/mol. The molecular weight excluding hydrogens is 220 g/mol. The van der Waals surface area contributed by atoms with Gasteiger partial charge in [0, 0.05) is 23.3 Å². The second kappa shape index (κ2) is 6.30. The molecule has 0 N–H and O–H groups in total. The molecule has 0 atom stereocenters. The van der Waals surface area contributed by atoms with Gasteiger partial charge in [0.25, 0.3) is 0 Å². The lowest BCUT2D eigenvalue weighted by atomic mass is 10.6. The topological polar surface area (TPSA) is 36.7 Å². The van der Waals surface area contributed by atoms with Crippen LogP contribution < -0.4 is 0 Å². The summed E-state index contributed by atoms with van der Waals surface area (Å²) in [4.78, 5) is 4.40. The van der Waals surface area contributed by atoms with Crippen LogP contribution in [-0.2, 0) is 5.75 Å². The Morgan fingerprint density at radius 1 is 1.69 bits per heavy atom. The number of hydrogen-bond acceptors (Lipinski definition) is 5. The summed E-state index contributed by atoms with van der Waals surface area (Å²) in [7, 11) is 0. The highest BCUT2D eigenvalue weighted by Crippen LogP contribution is 2.22. The Labute approximate surface area is 90.8 Å². The first kappa shape index (κ1) is 10.9. The summed E-state index contributed by atoms with van der Waals surface area (Å²) in [5.41, 5.74) is 1.14. The van der Waals surface area contributed by atoms with Crippen molar-refractivity contribution in [2.45, 2.75) is 16.5 Å². The van der Waals surface area contributed by atoms with Crippen LogP contribution in [0.3, 0.4) is 0 Å². The van der Waals surface area contributed by atoms with E-state index in [0.717, 1.165) is 21.5 Å². The van der Waals surface area contributed by atoms with Crippen LogP contribution in [0.5, 0.6) is 0 Å². The van der Waals surface area contributed by atoms with E-state index in [1.807, 2.05) is 6.26 Å². The van der Waals surface area contributed by atoms with Crippen LogP contribution in [0.1, 0.15) is 12.1 Å². The van der Waals surface area contributed by atoms with Crippen LogP contribution in [0.25, 0.3) is 0 Å². The lowest BCUT2D eigenvalue weighted by Crippen LogP contribution is -1.82. The van der Waals surface area contributed by atoms with Gasteiger partial charge in [0.1, 0.15) is 4.34 Å². The SMILES string of the molecule is CSc1nc(CSCCC#N)cs1. The maximum Gasteiger partial charge on any atom is 0.149 e. The molecule has 0 fully saturated rings. The average Bonchev–Trinajstić information content (AvgIpc) is 2.60. The first-order chi connectivity index (χ1) is 6.36. The number of nitrogens with zero attached hydrogens (tertiary/aromatic N) is 2. The van der Waals surface area contributed by atoms with Crippen LogP contribution in [0.15, 0.2) is 9.72 Å². The summed E-state index contributed by atoms with van der Waals surface area (Å²) in [6.45, 7) is 0. The van der Waals surface area contributed by atoms with E-state index in [1.54, 1.807) is 34.9 Å². The lowest BCUT2D eigenvalue weighted by molar-refractivity contribution is 1.14. The lowest BCUT2D eigenvalue weighted by Gasteiger charge is -1.93. The molecule has 5 heteroatoms. The maximum atomic E-state index is 8.33. The molecule has 0 aliphatic rings. The smallest absolute Gasteiger partial charge is 0.149 e. The zero-order valence-corrected chi connectivity index (χ0v) is 9.77. The molecule has 2 nitrogen and oxygen atoms in total. The largest absolute Gasteiger partial charge is 0.234 e. The summed E-state index contributed by atoms with van der Waals surface area (Å²) < 4.78 is 1.12. The predicted octanol–water partition coefficient (Wildman–Crippen LogP) is 3.01. The molecule has 13 heavy (non-hydrogen) atoms. The second-order valence-electron chi connectivity index (χ2n) is 2.27. The van der Waals surface area contributed by atoms with Gasteiger partial charge in [0.15, 0.2) is 0 Å². The van der Waals surface area contributed by atoms with Crippen LogP contribution >= 0.6 is 34.9 Å². The van der Waals surface area contributed by atoms with Crippen molar-refractivity contribution in [3.05, 3.63) is 11.1 Å². The molecule has 0 saturated carbocycles.